The number of hydrogen-bond acceptors (Lipinski definition) is 6. The minimum atomic E-state index is -0.203. The number of pyridine rings is 1. The van der Waals surface area contributed by atoms with E-state index in [9.17, 15) is 4.79 Å². The number of likely N-dealkylation sites (N-methyl/N-ethyl adjacent to an activating group) is 1. The first-order chi connectivity index (χ1) is 18.1. The third-order valence-corrected chi connectivity index (χ3v) is 8.51. The van der Waals surface area contributed by atoms with Crippen molar-refractivity contribution in [3.8, 4) is 11.1 Å². The zero-order valence-corrected chi connectivity index (χ0v) is 21.8. The third-order valence-electron chi connectivity index (χ3n) is 7.47. The van der Waals surface area contributed by atoms with Crippen LogP contribution in [0.2, 0.25) is 0 Å². The SMILES string of the molecule is CCN1CCN(c2ccc(-c3ccnc4ccc(C=C5SC(N6CCCC6)=NC5=O)cc34)cc2F)CC1. The molecule has 37 heavy (non-hydrogen) atoms. The van der Waals surface area contributed by atoms with Gasteiger partial charge in [0.15, 0.2) is 5.17 Å². The van der Waals surface area contributed by atoms with Gasteiger partial charge in [0.2, 0.25) is 0 Å². The van der Waals surface area contributed by atoms with Crippen molar-refractivity contribution >= 4 is 45.5 Å². The molecule has 0 bridgehead atoms. The number of halogens is 1. The maximum absolute atomic E-state index is 15.3. The molecule has 3 aliphatic rings. The predicted octanol–water partition coefficient (Wildman–Crippen LogP) is 5.25. The Labute approximate surface area is 220 Å². The molecule has 2 aromatic carbocycles. The van der Waals surface area contributed by atoms with Gasteiger partial charge in [0, 0.05) is 50.9 Å². The zero-order chi connectivity index (χ0) is 25.4. The van der Waals surface area contributed by atoms with Gasteiger partial charge in [-0.05, 0) is 84.2 Å². The smallest absolute Gasteiger partial charge is 0.286 e. The standard InChI is InChI=1S/C29H30FN5OS/c1-2-33-13-15-34(16-14-33)26-8-6-21(19-24(26)30)22-9-10-31-25-7-5-20(17-23(22)25)18-27-28(36)32-29(37-27)35-11-3-4-12-35/h5-10,17-19H,2-4,11-16H2,1H3. The highest BCUT2D eigenvalue weighted by atomic mass is 32.2. The minimum Gasteiger partial charge on any atom is -0.367 e. The number of nitrogens with zero attached hydrogens (tertiary/aromatic N) is 5. The Morgan fingerprint density at radius 3 is 2.54 bits per heavy atom. The Bertz CT molecular complexity index is 1410. The lowest BCUT2D eigenvalue weighted by molar-refractivity contribution is -0.113. The van der Waals surface area contributed by atoms with Crippen molar-refractivity contribution in [3.05, 3.63) is 64.9 Å². The van der Waals surface area contributed by atoms with Crippen LogP contribution in [0.15, 0.2) is 58.6 Å². The first kappa shape index (κ1) is 24.1. The number of piperazine rings is 1. The van der Waals surface area contributed by atoms with E-state index in [2.05, 4.69) is 31.6 Å². The number of carbonyl (C=O) groups excluding carboxylic acids is 1. The maximum Gasteiger partial charge on any atom is 0.286 e. The molecule has 0 radical (unpaired) electrons. The number of carbonyl (C=O) groups is 1. The van der Waals surface area contributed by atoms with E-state index < -0.39 is 0 Å². The number of aliphatic imine (C=N–C) groups is 1. The highest BCUT2D eigenvalue weighted by Gasteiger charge is 2.27. The lowest BCUT2D eigenvalue weighted by atomic mass is 9.99. The number of aromatic nitrogens is 1. The van der Waals surface area contributed by atoms with E-state index in [1.807, 2.05) is 42.5 Å². The summed E-state index contributed by atoms with van der Waals surface area (Å²) in [5, 5.41) is 1.74. The fourth-order valence-corrected chi connectivity index (χ4v) is 6.30. The van der Waals surface area contributed by atoms with Crippen LogP contribution in [0.4, 0.5) is 10.1 Å². The Hall–Kier alpha value is -3.23. The Balaban J connectivity index is 1.28. The molecular weight excluding hydrogens is 485 g/mol. The van der Waals surface area contributed by atoms with Crippen LogP contribution in [0, 0.1) is 5.82 Å². The first-order valence-electron chi connectivity index (χ1n) is 13.0. The Morgan fingerprint density at radius 1 is 0.973 bits per heavy atom. The van der Waals surface area contributed by atoms with Gasteiger partial charge in [-0.1, -0.05) is 19.1 Å². The number of likely N-dealkylation sites (tertiary alicyclic amines) is 1. The molecule has 0 atom stereocenters. The molecule has 190 valence electrons. The van der Waals surface area contributed by atoms with E-state index in [1.54, 1.807) is 12.3 Å². The van der Waals surface area contributed by atoms with Crippen molar-refractivity contribution in [2.24, 2.45) is 4.99 Å². The van der Waals surface area contributed by atoms with Gasteiger partial charge >= 0.3 is 0 Å². The summed E-state index contributed by atoms with van der Waals surface area (Å²) in [6.07, 6.45) is 5.95. The summed E-state index contributed by atoms with van der Waals surface area (Å²) in [6, 6.07) is 13.4. The second-order valence-corrected chi connectivity index (χ2v) is 10.7. The number of anilines is 1. The molecule has 2 fully saturated rings. The average molecular weight is 516 g/mol. The summed E-state index contributed by atoms with van der Waals surface area (Å²) >= 11 is 1.45. The summed E-state index contributed by atoms with van der Waals surface area (Å²) in [5.41, 5.74) is 4.14. The van der Waals surface area contributed by atoms with E-state index in [4.69, 9.17) is 0 Å². The fraction of sp³-hybridized carbons (Fsp3) is 0.345. The van der Waals surface area contributed by atoms with E-state index in [0.29, 0.717) is 10.6 Å². The van der Waals surface area contributed by atoms with Crippen molar-refractivity contribution in [3.63, 3.8) is 0 Å². The van der Waals surface area contributed by atoms with Crippen LogP contribution < -0.4 is 4.90 Å². The third kappa shape index (κ3) is 4.88. The number of hydrogen-bond donors (Lipinski definition) is 0. The molecule has 6 rings (SSSR count). The largest absolute Gasteiger partial charge is 0.367 e. The molecule has 8 heteroatoms. The molecule has 3 aromatic rings. The topological polar surface area (TPSA) is 52.0 Å². The molecule has 3 aliphatic heterocycles. The van der Waals surface area contributed by atoms with Gasteiger partial charge in [0.1, 0.15) is 5.82 Å². The molecule has 0 aliphatic carbocycles. The van der Waals surface area contributed by atoms with Gasteiger partial charge in [0.25, 0.3) is 5.91 Å². The molecule has 4 heterocycles. The van der Waals surface area contributed by atoms with Crippen LogP contribution in [0.3, 0.4) is 0 Å². The molecule has 1 amide bonds. The van der Waals surface area contributed by atoms with E-state index in [1.165, 1.54) is 11.8 Å². The number of rotatable bonds is 4. The number of benzene rings is 2. The van der Waals surface area contributed by atoms with Gasteiger partial charge in [-0.3, -0.25) is 9.78 Å². The molecule has 1 aromatic heterocycles. The van der Waals surface area contributed by atoms with Crippen molar-refractivity contribution in [2.45, 2.75) is 19.8 Å². The van der Waals surface area contributed by atoms with Crippen molar-refractivity contribution in [1.29, 1.82) is 0 Å². The van der Waals surface area contributed by atoms with Crippen LogP contribution in [0.1, 0.15) is 25.3 Å². The van der Waals surface area contributed by atoms with E-state index >= 15 is 4.39 Å². The molecule has 0 unspecified atom stereocenters. The average Bonchev–Trinajstić information content (AvgIpc) is 3.59. The molecule has 2 saturated heterocycles. The second kappa shape index (κ2) is 10.3. The summed E-state index contributed by atoms with van der Waals surface area (Å²) < 4.78 is 15.3. The maximum atomic E-state index is 15.3. The number of thioether (sulfide) groups is 1. The lowest BCUT2D eigenvalue weighted by Gasteiger charge is -2.35. The Morgan fingerprint density at radius 2 is 1.78 bits per heavy atom. The number of fused-ring (bicyclic) bond motifs is 1. The van der Waals surface area contributed by atoms with Crippen LogP contribution >= 0.6 is 11.8 Å². The van der Waals surface area contributed by atoms with Gasteiger partial charge in [-0.15, -0.1) is 0 Å². The van der Waals surface area contributed by atoms with Gasteiger partial charge in [-0.2, -0.15) is 4.99 Å². The van der Waals surface area contributed by atoms with Crippen LogP contribution in [0.5, 0.6) is 0 Å². The molecular formula is C29H30FN5OS. The van der Waals surface area contributed by atoms with Crippen LogP contribution in [-0.4, -0.2) is 71.7 Å². The normalized spacial score (nSPS) is 19.9. The number of amidine groups is 1. The van der Waals surface area contributed by atoms with Gasteiger partial charge < -0.3 is 14.7 Å². The summed E-state index contributed by atoms with van der Waals surface area (Å²) in [4.78, 5) is 28.7. The zero-order valence-electron chi connectivity index (χ0n) is 21.0. The summed E-state index contributed by atoms with van der Waals surface area (Å²) in [6.45, 7) is 8.69. The fourth-order valence-electron chi connectivity index (χ4n) is 5.33. The highest BCUT2D eigenvalue weighted by molar-refractivity contribution is 8.18. The monoisotopic (exact) mass is 515 g/mol. The second-order valence-electron chi connectivity index (χ2n) is 9.73. The molecule has 0 saturated carbocycles. The molecule has 0 N–H and O–H groups in total. The molecule has 6 nitrogen and oxygen atoms in total. The highest BCUT2D eigenvalue weighted by Crippen LogP contribution is 2.34. The van der Waals surface area contributed by atoms with E-state index in [0.717, 1.165) is 91.4 Å². The quantitative estimate of drug-likeness (QED) is 0.443. The van der Waals surface area contributed by atoms with E-state index in [-0.39, 0.29) is 11.7 Å². The van der Waals surface area contributed by atoms with Crippen LogP contribution in [0.25, 0.3) is 28.1 Å². The van der Waals surface area contributed by atoms with Gasteiger partial charge in [0.05, 0.1) is 16.1 Å². The van der Waals surface area contributed by atoms with Crippen molar-refractivity contribution < 1.29 is 9.18 Å². The lowest BCUT2D eigenvalue weighted by Crippen LogP contribution is -2.46. The van der Waals surface area contributed by atoms with Crippen molar-refractivity contribution in [1.82, 2.24) is 14.8 Å². The number of amides is 1. The summed E-state index contributed by atoms with van der Waals surface area (Å²) in [5.74, 6) is -0.388. The molecule has 0 spiro atoms. The van der Waals surface area contributed by atoms with Crippen LogP contribution in [-0.2, 0) is 4.79 Å². The van der Waals surface area contributed by atoms with Crippen molar-refractivity contribution in [2.75, 3.05) is 50.7 Å². The van der Waals surface area contributed by atoms with Gasteiger partial charge in [-0.25, -0.2) is 4.39 Å². The first-order valence-corrected chi connectivity index (χ1v) is 13.8. The Kier molecular flexibility index (Phi) is 6.69. The predicted molar refractivity (Wildman–Crippen MR) is 150 cm³/mol. The minimum absolute atomic E-state index is 0.184. The summed E-state index contributed by atoms with van der Waals surface area (Å²) in [7, 11) is 0.